The lowest BCUT2D eigenvalue weighted by molar-refractivity contribution is 0.122. The molecular formula is C13H22N4O2. The van der Waals surface area contributed by atoms with Crippen molar-refractivity contribution in [3.8, 4) is 0 Å². The first-order valence-electron chi connectivity index (χ1n) is 6.94. The fourth-order valence-corrected chi connectivity index (χ4v) is 2.18. The van der Waals surface area contributed by atoms with E-state index in [-0.39, 0.29) is 5.56 Å². The number of morpholine rings is 1. The van der Waals surface area contributed by atoms with Gasteiger partial charge in [0.25, 0.3) is 5.56 Å². The van der Waals surface area contributed by atoms with Gasteiger partial charge in [0, 0.05) is 32.2 Å². The quantitative estimate of drug-likeness (QED) is 0.859. The fourth-order valence-electron chi connectivity index (χ4n) is 2.18. The summed E-state index contributed by atoms with van der Waals surface area (Å²) in [7, 11) is 0. The highest BCUT2D eigenvalue weighted by Crippen LogP contribution is 2.13. The predicted octanol–water partition coefficient (Wildman–Crippen LogP) is 0.922. The Morgan fingerprint density at radius 3 is 2.74 bits per heavy atom. The summed E-state index contributed by atoms with van der Waals surface area (Å²) in [6.45, 7) is 8.46. The molecule has 0 aliphatic carbocycles. The number of rotatable bonds is 5. The highest BCUT2D eigenvalue weighted by molar-refractivity contribution is 5.43. The number of hydrogen-bond acceptors (Lipinski definition) is 5. The van der Waals surface area contributed by atoms with E-state index >= 15 is 0 Å². The Labute approximate surface area is 113 Å². The molecule has 6 heteroatoms. The zero-order valence-electron chi connectivity index (χ0n) is 11.7. The van der Waals surface area contributed by atoms with E-state index in [1.54, 1.807) is 10.6 Å². The molecule has 1 saturated heterocycles. The van der Waals surface area contributed by atoms with Crippen molar-refractivity contribution >= 4 is 11.8 Å². The maximum absolute atomic E-state index is 12.2. The van der Waals surface area contributed by atoms with Crippen LogP contribution in [0.3, 0.4) is 0 Å². The summed E-state index contributed by atoms with van der Waals surface area (Å²) in [6, 6.07) is 1.63. The molecule has 1 aromatic heterocycles. The Balaban J connectivity index is 2.32. The fraction of sp³-hybridized carbons (Fsp3) is 0.692. The van der Waals surface area contributed by atoms with Crippen LogP contribution in [0.1, 0.15) is 20.3 Å². The zero-order valence-corrected chi connectivity index (χ0v) is 11.7. The van der Waals surface area contributed by atoms with Gasteiger partial charge in [0.05, 0.1) is 13.2 Å². The van der Waals surface area contributed by atoms with Crippen LogP contribution >= 0.6 is 0 Å². The zero-order chi connectivity index (χ0) is 13.7. The number of anilines is 2. The topological polar surface area (TPSA) is 59.4 Å². The first-order chi connectivity index (χ1) is 9.26. The normalized spacial score (nSPS) is 15.6. The molecule has 0 spiro atoms. The number of aromatic nitrogens is 2. The number of ether oxygens (including phenoxy) is 1. The smallest absolute Gasteiger partial charge is 0.256 e. The molecule has 1 aliphatic heterocycles. The average Bonchev–Trinajstić information content (AvgIpc) is 2.43. The standard InChI is InChI=1S/C13H22N4O2/c1-3-5-17-12(18)10-11(15-13(17)14-4-2)16-6-8-19-9-7-16/h10H,3-9H2,1-2H3,(H,14,15). The highest BCUT2D eigenvalue weighted by Gasteiger charge is 2.15. The summed E-state index contributed by atoms with van der Waals surface area (Å²) in [5.41, 5.74) is 0.00860. The predicted molar refractivity (Wildman–Crippen MR) is 76.0 cm³/mol. The summed E-state index contributed by atoms with van der Waals surface area (Å²) in [4.78, 5) is 18.9. The van der Waals surface area contributed by atoms with Crippen LogP contribution in [-0.2, 0) is 11.3 Å². The van der Waals surface area contributed by atoms with Gasteiger partial charge < -0.3 is 15.0 Å². The van der Waals surface area contributed by atoms with Crippen molar-refractivity contribution in [3.05, 3.63) is 16.4 Å². The molecule has 0 saturated carbocycles. The van der Waals surface area contributed by atoms with Gasteiger partial charge in [0.1, 0.15) is 5.82 Å². The van der Waals surface area contributed by atoms with Crippen molar-refractivity contribution in [2.75, 3.05) is 43.1 Å². The van der Waals surface area contributed by atoms with Gasteiger partial charge in [-0.05, 0) is 13.3 Å². The van der Waals surface area contributed by atoms with Crippen molar-refractivity contribution < 1.29 is 4.74 Å². The minimum Gasteiger partial charge on any atom is -0.378 e. The van der Waals surface area contributed by atoms with Crippen LogP contribution in [0.25, 0.3) is 0 Å². The van der Waals surface area contributed by atoms with Crippen LogP contribution in [0.5, 0.6) is 0 Å². The molecule has 0 atom stereocenters. The summed E-state index contributed by atoms with van der Waals surface area (Å²) >= 11 is 0. The van der Waals surface area contributed by atoms with Gasteiger partial charge in [-0.15, -0.1) is 0 Å². The minimum absolute atomic E-state index is 0.00860. The Kier molecular flexibility index (Phi) is 4.79. The highest BCUT2D eigenvalue weighted by atomic mass is 16.5. The van der Waals surface area contributed by atoms with Crippen LogP contribution in [0.15, 0.2) is 10.9 Å². The van der Waals surface area contributed by atoms with E-state index in [1.165, 1.54) is 0 Å². The second kappa shape index (κ2) is 6.56. The average molecular weight is 266 g/mol. The lowest BCUT2D eigenvalue weighted by atomic mass is 10.4. The molecule has 6 nitrogen and oxygen atoms in total. The van der Waals surface area contributed by atoms with E-state index in [9.17, 15) is 4.79 Å². The lowest BCUT2D eigenvalue weighted by Gasteiger charge is -2.28. The van der Waals surface area contributed by atoms with E-state index < -0.39 is 0 Å². The molecule has 1 N–H and O–H groups in total. The summed E-state index contributed by atoms with van der Waals surface area (Å²) in [6.07, 6.45) is 0.914. The first kappa shape index (κ1) is 13.9. The molecule has 1 aliphatic rings. The number of nitrogens with one attached hydrogen (secondary N) is 1. The third-order valence-corrected chi connectivity index (χ3v) is 3.11. The first-order valence-corrected chi connectivity index (χ1v) is 6.94. The van der Waals surface area contributed by atoms with E-state index in [2.05, 4.69) is 22.1 Å². The van der Waals surface area contributed by atoms with Crippen LogP contribution in [0.2, 0.25) is 0 Å². The van der Waals surface area contributed by atoms with Gasteiger partial charge in [0.2, 0.25) is 5.95 Å². The SMILES string of the molecule is CCCn1c(NCC)nc(N2CCOCC2)cc1=O. The van der Waals surface area contributed by atoms with Crippen LogP contribution in [0.4, 0.5) is 11.8 Å². The molecule has 106 valence electrons. The second-order valence-corrected chi connectivity index (χ2v) is 4.56. The van der Waals surface area contributed by atoms with Gasteiger partial charge in [-0.2, -0.15) is 4.98 Å². The monoisotopic (exact) mass is 266 g/mol. The van der Waals surface area contributed by atoms with Crippen molar-refractivity contribution in [2.24, 2.45) is 0 Å². The summed E-state index contributed by atoms with van der Waals surface area (Å²) in [5, 5.41) is 3.18. The maximum Gasteiger partial charge on any atom is 0.256 e. The van der Waals surface area contributed by atoms with E-state index in [1.807, 2.05) is 6.92 Å². The van der Waals surface area contributed by atoms with Crippen LogP contribution in [-0.4, -0.2) is 42.4 Å². The Morgan fingerprint density at radius 1 is 1.37 bits per heavy atom. The molecule has 2 heterocycles. The molecule has 0 unspecified atom stereocenters. The Morgan fingerprint density at radius 2 is 2.11 bits per heavy atom. The molecule has 0 bridgehead atoms. The maximum atomic E-state index is 12.2. The molecule has 19 heavy (non-hydrogen) atoms. The Bertz CT molecular complexity index is 466. The van der Waals surface area contributed by atoms with Crippen LogP contribution in [0, 0.1) is 0 Å². The van der Waals surface area contributed by atoms with E-state index in [0.29, 0.717) is 25.7 Å². The molecule has 1 fully saturated rings. The third kappa shape index (κ3) is 3.26. The number of hydrogen-bond donors (Lipinski definition) is 1. The third-order valence-electron chi connectivity index (χ3n) is 3.11. The van der Waals surface area contributed by atoms with Gasteiger partial charge in [-0.1, -0.05) is 6.92 Å². The summed E-state index contributed by atoms with van der Waals surface area (Å²) < 4.78 is 7.02. The largest absolute Gasteiger partial charge is 0.378 e. The number of nitrogens with zero attached hydrogens (tertiary/aromatic N) is 3. The Hall–Kier alpha value is -1.56. The lowest BCUT2D eigenvalue weighted by Crippen LogP contribution is -2.38. The van der Waals surface area contributed by atoms with Crippen molar-refractivity contribution in [2.45, 2.75) is 26.8 Å². The van der Waals surface area contributed by atoms with Crippen molar-refractivity contribution in [1.29, 1.82) is 0 Å². The molecular weight excluding hydrogens is 244 g/mol. The van der Waals surface area contributed by atoms with Gasteiger partial charge in [-0.3, -0.25) is 9.36 Å². The molecule has 0 radical (unpaired) electrons. The molecule has 1 aromatic rings. The minimum atomic E-state index is 0.00860. The molecule has 2 rings (SSSR count). The molecule has 0 aromatic carbocycles. The summed E-state index contributed by atoms with van der Waals surface area (Å²) in [5.74, 6) is 1.41. The van der Waals surface area contributed by atoms with E-state index in [0.717, 1.165) is 31.9 Å². The van der Waals surface area contributed by atoms with Crippen LogP contribution < -0.4 is 15.8 Å². The van der Waals surface area contributed by atoms with Gasteiger partial charge in [0.15, 0.2) is 0 Å². The van der Waals surface area contributed by atoms with E-state index in [4.69, 9.17) is 4.74 Å². The van der Waals surface area contributed by atoms with Crippen molar-refractivity contribution in [3.63, 3.8) is 0 Å². The molecule has 0 amide bonds. The van der Waals surface area contributed by atoms with Crippen molar-refractivity contribution in [1.82, 2.24) is 9.55 Å². The van der Waals surface area contributed by atoms with Gasteiger partial charge in [-0.25, -0.2) is 0 Å². The van der Waals surface area contributed by atoms with Gasteiger partial charge >= 0.3 is 0 Å². The second-order valence-electron chi connectivity index (χ2n) is 4.56.